The molecule has 1 saturated heterocycles. The van der Waals surface area contributed by atoms with Crippen LogP contribution in [-0.2, 0) is 26.0 Å². The Hall–Kier alpha value is -2.18. The Morgan fingerprint density at radius 3 is 2.00 bits per heavy atom. The van der Waals surface area contributed by atoms with Crippen molar-refractivity contribution in [2.75, 3.05) is 39.3 Å². The number of nitrogens with one attached hydrogen (secondary N) is 1. The largest absolute Gasteiger partial charge is 0.490 e. The molecule has 200 valence electrons. The van der Waals surface area contributed by atoms with Crippen LogP contribution >= 0.6 is 0 Å². The monoisotopic (exact) mass is 523 g/mol. The lowest BCUT2D eigenvalue weighted by atomic mass is 10.0. The number of hydrogen-bond acceptors (Lipinski definition) is 5. The van der Waals surface area contributed by atoms with Gasteiger partial charge in [0.2, 0.25) is 15.9 Å². The van der Waals surface area contributed by atoms with E-state index in [2.05, 4.69) is 19.2 Å². The lowest BCUT2D eigenvalue weighted by Crippen LogP contribution is -2.47. The summed E-state index contributed by atoms with van der Waals surface area (Å²) >= 11 is 0. The first-order valence-electron chi connectivity index (χ1n) is 11.5. The first-order valence-corrected chi connectivity index (χ1v) is 13.0. The van der Waals surface area contributed by atoms with E-state index < -0.39 is 22.2 Å². The molecule has 0 aliphatic carbocycles. The molecule has 2 N–H and O–H groups in total. The van der Waals surface area contributed by atoms with E-state index in [1.165, 1.54) is 4.31 Å². The predicted octanol–water partition coefficient (Wildman–Crippen LogP) is 2.99. The molecule has 1 aromatic carbocycles. The maximum Gasteiger partial charge on any atom is 0.490 e. The highest BCUT2D eigenvalue weighted by Crippen LogP contribution is 2.20. The van der Waals surface area contributed by atoms with E-state index in [4.69, 9.17) is 9.90 Å². The van der Waals surface area contributed by atoms with Crippen LogP contribution in [0.5, 0.6) is 0 Å². The Bertz CT molecular complexity index is 913. The van der Waals surface area contributed by atoms with Gasteiger partial charge in [0, 0.05) is 45.7 Å². The summed E-state index contributed by atoms with van der Waals surface area (Å²) in [6, 6.07) is 7.18. The fourth-order valence-corrected chi connectivity index (χ4v) is 5.03. The van der Waals surface area contributed by atoms with Crippen LogP contribution in [0.25, 0.3) is 0 Å². The number of carboxylic acids is 1. The molecule has 0 unspecified atom stereocenters. The quantitative estimate of drug-likeness (QED) is 0.516. The molecule has 2 rings (SSSR count). The summed E-state index contributed by atoms with van der Waals surface area (Å²) in [5.41, 5.74) is 1.14. The number of hydrogen-bond donors (Lipinski definition) is 2. The van der Waals surface area contributed by atoms with Crippen LogP contribution in [0.15, 0.2) is 29.2 Å². The van der Waals surface area contributed by atoms with Crippen LogP contribution in [0, 0.1) is 11.8 Å². The van der Waals surface area contributed by atoms with Crippen LogP contribution < -0.4 is 5.32 Å². The van der Waals surface area contributed by atoms with Gasteiger partial charge in [-0.1, -0.05) is 39.8 Å². The van der Waals surface area contributed by atoms with Gasteiger partial charge in [-0.2, -0.15) is 17.5 Å². The Labute approximate surface area is 205 Å². The number of alkyl halides is 3. The minimum Gasteiger partial charge on any atom is -0.475 e. The molecule has 1 aromatic rings. The zero-order valence-corrected chi connectivity index (χ0v) is 21.5. The molecule has 0 spiro atoms. The molecule has 1 fully saturated rings. The van der Waals surface area contributed by atoms with Crippen LogP contribution in [0.3, 0.4) is 0 Å². The molecular formula is C23H36F3N3O5S. The zero-order chi connectivity index (χ0) is 26.8. The van der Waals surface area contributed by atoms with Crippen molar-refractivity contribution in [2.24, 2.45) is 11.8 Å². The van der Waals surface area contributed by atoms with Crippen molar-refractivity contribution < 1.29 is 36.3 Å². The standard InChI is InChI=1S/C21H35N3O3S.C2HF3O2/c1-17(2)15-19-5-7-20(8-6-19)28(26,27)24(16-18(3)4)12-9-21(25)23-13-10-22-11-14-23;3-2(4,5)1(6)7/h5-8,17-18,22H,9-16H2,1-4H3;(H,6,7). The van der Waals surface area contributed by atoms with E-state index in [9.17, 15) is 26.4 Å². The first kappa shape index (κ1) is 30.9. The zero-order valence-electron chi connectivity index (χ0n) is 20.6. The molecule has 0 atom stereocenters. The highest BCUT2D eigenvalue weighted by atomic mass is 32.2. The van der Waals surface area contributed by atoms with Crippen molar-refractivity contribution in [2.45, 2.75) is 51.6 Å². The number of piperazine rings is 1. The number of sulfonamides is 1. The topological polar surface area (TPSA) is 107 Å². The fraction of sp³-hybridized carbons (Fsp3) is 0.652. The van der Waals surface area contributed by atoms with Gasteiger partial charge in [-0.15, -0.1) is 0 Å². The number of nitrogens with zero attached hydrogens (tertiary/aromatic N) is 2. The van der Waals surface area contributed by atoms with E-state index in [0.29, 0.717) is 30.4 Å². The molecule has 0 aromatic heterocycles. The van der Waals surface area contributed by atoms with Crippen molar-refractivity contribution in [3.8, 4) is 0 Å². The number of benzene rings is 1. The van der Waals surface area contributed by atoms with Gasteiger partial charge >= 0.3 is 12.1 Å². The average Bonchev–Trinajstić information content (AvgIpc) is 2.76. The fourth-order valence-electron chi connectivity index (χ4n) is 3.43. The number of amides is 1. The van der Waals surface area contributed by atoms with E-state index in [1.807, 2.05) is 30.9 Å². The summed E-state index contributed by atoms with van der Waals surface area (Å²) < 4.78 is 59.6. The van der Waals surface area contributed by atoms with Gasteiger partial charge in [0.05, 0.1) is 4.90 Å². The number of carboxylic acid groups (broad SMARTS) is 1. The second-order valence-corrected chi connectivity index (χ2v) is 11.1. The van der Waals surface area contributed by atoms with Crippen molar-refractivity contribution in [1.82, 2.24) is 14.5 Å². The smallest absolute Gasteiger partial charge is 0.475 e. The summed E-state index contributed by atoms with van der Waals surface area (Å²) in [6.45, 7) is 11.9. The SMILES string of the molecule is CC(C)Cc1ccc(S(=O)(=O)N(CCC(=O)N2CCNCC2)CC(C)C)cc1.O=C(O)C(F)(F)F. The van der Waals surface area contributed by atoms with Gasteiger partial charge in [0.25, 0.3) is 0 Å². The summed E-state index contributed by atoms with van der Waals surface area (Å²) in [4.78, 5) is 23.5. The third-order valence-corrected chi connectivity index (χ3v) is 6.94. The maximum atomic E-state index is 13.2. The van der Waals surface area contributed by atoms with Crippen molar-refractivity contribution in [1.29, 1.82) is 0 Å². The molecular weight excluding hydrogens is 487 g/mol. The summed E-state index contributed by atoms with van der Waals surface area (Å²) in [5, 5.41) is 10.3. The van der Waals surface area contributed by atoms with E-state index in [1.54, 1.807) is 12.1 Å². The van der Waals surface area contributed by atoms with E-state index in [-0.39, 0.29) is 24.8 Å². The molecule has 0 bridgehead atoms. The van der Waals surface area contributed by atoms with Crippen molar-refractivity contribution in [3.63, 3.8) is 0 Å². The number of carbonyl (C=O) groups excluding carboxylic acids is 1. The minimum absolute atomic E-state index is 0.0257. The molecule has 0 saturated carbocycles. The highest BCUT2D eigenvalue weighted by Gasteiger charge is 2.38. The number of halogens is 3. The third kappa shape index (κ3) is 11.0. The third-order valence-electron chi connectivity index (χ3n) is 5.06. The first-order chi connectivity index (χ1) is 16.1. The van der Waals surface area contributed by atoms with Gasteiger partial charge in [0.15, 0.2) is 0 Å². The van der Waals surface area contributed by atoms with Gasteiger partial charge in [-0.3, -0.25) is 4.79 Å². The minimum atomic E-state index is -5.08. The van der Waals surface area contributed by atoms with Gasteiger partial charge in [-0.05, 0) is 36.0 Å². The lowest BCUT2D eigenvalue weighted by Gasteiger charge is -2.29. The maximum absolute atomic E-state index is 13.2. The number of aliphatic carboxylic acids is 1. The Morgan fingerprint density at radius 1 is 1.06 bits per heavy atom. The van der Waals surface area contributed by atoms with Crippen molar-refractivity contribution in [3.05, 3.63) is 29.8 Å². The molecule has 1 amide bonds. The highest BCUT2D eigenvalue weighted by molar-refractivity contribution is 7.89. The predicted molar refractivity (Wildman–Crippen MR) is 126 cm³/mol. The van der Waals surface area contributed by atoms with E-state index >= 15 is 0 Å². The average molecular weight is 524 g/mol. The molecule has 0 radical (unpaired) electrons. The summed E-state index contributed by atoms with van der Waals surface area (Å²) in [7, 11) is -3.62. The molecule has 1 heterocycles. The Balaban J connectivity index is 0.000000762. The molecule has 12 heteroatoms. The molecule has 8 nitrogen and oxygen atoms in total. The summed E-state index contributed by atoms with van der Waals surface area (Å²) in [6.07, 6.45) is -3.94. The normalized spacial score (nSPS) is 14.7. The lowest BCUT2D eigenvalue weighted by molar-refractivity contribution is -0.192. The molecule has 1 aliphatic rings. The van der Waals surface area contributed by atoms with Gasteiger partial charge in [0.1, 0.15) is 0 Å². The Morgan fingerprint density at radius 2 is 1.57 bits per heavy atom. The number of carbonyl (C=O) groups is 2. The van der Waals surface area contributed by atoms with Crippen LogP contribution in [-0.4, -0.2) is 80.1 Å². The second kappa shape index (κ2) is 13.8. The Kier molecular flexibility index (Phi) is 12.2. The molecule has 1 aliphatic heterocycles. The summed E-state index contributed by atoms with van der Waals surface area (Å²) in [5.74, 6) is -2.02. The van der Waals surface area contributed by atoms with Crippen LogP contribution in [0.1, 0.15) is 39.7 Å². The second-order valence-electron chi connectivity index (χ2n) is 9.18. The molecule has 35 heavy (non-hydrogen) atoms. The van der Waals surface area contributed by atoms with Crippen LogP contribution in [0.2, 0.25) is 0 Å². The number of rotatable bonds is 9. The van der Waals surface area contributed by atoms with Gasteiger partial charge in [-0.25, -0.2) is 13.2 Å². The van der Waals surface area contributed by atoms with E-state index in [0.717, 1.165) is 25.1 Å². The van der Waals surface area contributed by atoms with Crippen molar-refractivity contribution >= 4 is 21.9 Å². The van der Waals surface area contributed by atoms with Gasteiger partial charge < -0.3 is 15.3 Å². The van der Waals surface area contributed by atoms with Crippen LogP contribution in [0.4, 0.5) is 13.2 Å².